The number of hydrogen-bond donors (Lipinski definition) is 2. The van der Waals surface area contributed by atoms with Crippen molar-refractivity contribution in [3.8, 4) is 5.75 Å². The lowest BCUT2D eigenvalue weighted by molar-refractivity contribution is 0.0947. The summed E-state index contributed by atoms with van der Waals surface area (Å²) in [6.07, 6.45) is 1.07. The predicted molar refractivity (Wildman–Crippen MR) is 93.9 cm³/mol. The molecule has 1 amide bonds. The Morgan fingerprint density at radius 2 is 1.83 bits per heavy atom. The second kappa shape index (κ2) is 7.83. The van der Waals surface area contributed by atoms with Crippen LogP contribution in [0.2, 0.25) is 0 Å². The molecule has 0 unspecified atom stereocenters. The van der Waals surface area contributed by atoms with E-state index in [-0.39, 0.29) is 5.91 Å². The first kappa shape index (κ1) is 17.8. The van der Waals surface area contributed by atoms with Crippen molar-refractivity contribution in [2.45, 2.75) is 6.92 Å². The number of carbonyl (C=O) groups is 1. The highest BCUT2D eigenvalue weighted by Gasteiger charge is 2.06. The maximum Gasteiger partial charge on any atom is 0.251 e. The average Bonchev–Trinajstić information content (AvgIpc) is 2.50. The maximum absolute atomic E-state index is 12.0. The summed E-state index contributed by atoms with van der Waals surface area (Å²) in [7, 11) is -3.32. The molecule has 0 radical (unpaired) electrons. The van der Waals surface area contributed by atoms with Crippen molar-refractivity contribution in [1.82, 2.24) is 5.32 Å². The third-order valence-electron chi connectivity index (χ3n) is 3.10. The molecule has 0 aliphatic heterocycles. The first-order valence-electron chi connectivity index (χ1n) is 7.39. The van der Waals surface area contributed by atoms with Gasteiger partial charge in [-0.25, -0.2) is 8.42 Å². The molecule has 24 heavy (non-hydrogen) atoms. The largest absolute Gasteiger partial charge is 0.492 e. The topological polar surface area (TPSA) is 84.5 Å². The number of carbonyl (C=O) groups excluding carboxylic acids is 1. The van der Waals surface area contributed by atoms with E-state index in [1.54, 1.807) is 24.3 Å². The summed E-state index contributed by atoms with van der Waals surface area (Å²) in [5, 5.41) is 2.75. The maximum atomic E-state index is 12.0. The van der Waals surface area contributed by atoms with Crippen LogP contribution in [0.15, 0.2) is 48.5 Å². The van der Waals surface area contributed by atoms with E-state index in [4.69, 9.17) is 4.74 Å². The molecule has 0 atom stereocenters. The number of benzene rings is 2. The molecular weight excluding hydrogens is 328 g/mol. The van der Waals surface area contributed by atoms with Gasteiger partial charge in [0.25, 0.3) is 5.91 Å². The van der Waals surface area contributed by atoms with Gasteiger partial charge in [0, 0.05) is 11.3 Å². The van der Waals surface area contributed by atoms with Crippen molar-refractivity contribution in [3.63, 3.8) is 0 Å². The first-order valence-corrected chi connectivity index (χ1v) is 9.28. The molecule has 0 fully saturated rings. The third kappa shape index (κ3) is 5.92. The van der Waals surface area contributed by atoms with E-state index in [1.165, 1.54) is 0 Å². The summed E-state index contributed by atoms with van der Waals surface area (Å²) in [6, 6.07) is 13.9. The van der Waals surface area contributed by atoms with Gasteiger partial charge in [-0.2, -0.15) is 0 Å². The Labute approximate surface area is 141 Å². The van der Waals surface area contributed by atoms with Crippen molar-refractivity contribution in [3.05, 3.63) is 59.7 Å². The van der Waals surface area contributed by atoms with E-state index < -0.39 is 10.0 Å². The molecule has 0 saturated heterocycles. The second-order valence-corrected chi connectivity index (χ2v) is 7.12. The second-order valence-electron chi connectivity index (χ2n) is 5.37. The average molecular weight is 348 g/mol. The van der Waals surface area contributed by atoms with E-state index in [0.29, 0.717) is 24.4 Å². The molecule has 0 aliphatic rings. The number of amides is 1. The summed E-state index contributed by atoms with van der Waals surface area (Å²) in [4.78, 5) is 12.0. The minimum absolute atomic E-state index is 0.242. The number of anilines is 1. The molecular formula is C17H20N2O4S. The Balaban J connectivity index is 1.80. The Bertz CT molecular complexity index is 802. The monoisotopic (exact) mass is 348 g/mol. The van der Waals surface area contributed by atoms with E-state index in [2.05, 4.69) is 10.0 Å². The number of rotatable bonds is 7. The Kier molecular flexibility index (Phi) is 5.81. The fourth-order valence-corrected chi connectivity index (χ4v) is 2.61. The summed E-state index contributed by atoms with van der Waals surface area (Å²) in [5.74, 6) is 0.522. The van der Waals surface area contributed by atoms with Gasteiger partial charge in [-0.3, -0.25) is 9.52 Å². The van der Waals surface area contributed by atoms with Gasteiger partial charge in [0.2, 0.25) is 10.0 Å². The van der Waals surface area contributed by atoms with Crippen molar-refractivity contribution in [1.29, 1.82) is 0 Å². The van der Waals surface area contributed by atoms with Crippen LogP contribution in [0.4, 0.5) is 5.69 Å². The zero-order valence-electron chi connectivity index (χ0n) is 13.6. The number of sulfonamides is 1. The summed E-state index contributed by atoms with van der Waals surface area (Å²) >= 11 is 0. The minimum atomic E-state index is -3.32. The molecule has 0 saturated carbocycles. The predicted octanol–water partition coefficient (Wildman–Crippen LogP) is 2.18. The Morgan fingerprint density at radius 1 is 1.12 bits per heavy atom. The molecule has 128 valence electrons. The molecule has 0 heterocycles. The quantitative estimate of drug-likeness (QED) is 0.751. The lowest BCUT2D eigenvalue weighted by Crippen LogP contribution is -2.28. The molecule has 2 aromatic carbocycles. The standard InChI is InChI=1S/C17H20N2O4S/c1-13-4-3-5-16(12-13)23-11-10-18-17(20)14-6-8-15(9-7-14)19-24(2,21)22/h3-9,12,19H,10-11H2,1-2H3,(H,18,20). The molecule has 6 nitrogen and oxygen atoms in total. The molecule has 0 aromatic heterocycles. The number of aryl methyl sites for hydroxylation is 1. The molecule has 7 heteroatoms. The van der Waals surface area contributed by atoms with Crippen LogP contribution >= 0.6 is 0 Å². The molecule has 2 N–H and O–H groups in total. The van der Waals surface area contributed by atoms with Gasteiger partial charge in [0.15, 0.2) is 0 Å². The lowest BCUT2D eigenvalue weighted by Gasteiger charge is -2.09. The summed E-state index contributed by atoms with van der Waals surface area (Å²) in [6.45, 7) is 2.72. The smallest absolute Gasteiger partial charge is 0.251 e. The van der Waals surface area contributed by atoms with E-state index in [0.717, 1.165) is 17.6 Å². The summed E-state index contributed by atoms with van der Waals surface area (Å²) < 4.78 is 30.2. The highest BCUT2D eigenvalue weighted by Crippen LogP contribution is 2.12. The van der Waals surface area contributed by atoms with Crippen molar-refractivity contribution >= 4 is 21.6 Å². The van der Waals surface area contributed by atoms with Gasteiger partial charge < -0.3 is 10.1 Å². The molecule has 2 rings (SSSR count). The number of hydrogen-bond acceptors (Lipinski definition) is 4. The molecule has 0 bridgehead atoms. The van der Waals surface area contributed by atoms with Crippen molar-refractivity contribution in [2.24, 2.45) is 0 Å². The van der Waals surface area contributed by atoms with Gasteiger partial charge >= 0.3 is 0 Å². The van der Waals surface area contributed by atoms with Crippen LogP contribution in [0.1, 0.15) is 15.9 Å². The van der Waals surface area contributed by atoms with Crippen LogP contribution in [0.25, 0.3) is 0 Å². The van der Waals surface area contributed by atoms with Crippen molar-refractivity contribution in [2.75, 3.05) is 24.1 Å². The van der Waals surface area contributed by atoms with E-state index >= 15 is 0 Å². The lowest BCUT2D eigenvalue weighted by atomic mass is 10.2. The van der Waals surface area contributed by atoms with Gasteiger partial charge in [-0.05, 0) is 48.9 Å². The van der Waals surface area contributed by atoms with Crippen LogP contribution in [-0.4, -0.2) is 33.7 Å². The van der Waals surface area contributed by atoms with Crippen LogP contribution in [-0.2, 0) is 10.0 Å². The summed E-state index contributed by atoms with van der Waals surface area (Å²) in [5.41, 5.74) is 1.97. The highest BCUT2D eigenvalue weighted by molar-refractivity contribution is 7.92. The molecule has 0 spiro atoms. The zero-order valence-corrected chi connectivity index (χ0v) is 14.4. The fraction of sp³-hybridized carbons (Fsp3) is 0.235. The normalized spacial score (nSPS) is 10.9. The molecule has 0 aliphatic carbocycles. The van der Waals surface area contributed by atoms with Gasteiger partial charge in [0.1, 0.15) is 12.4 Å². The fourth-order valence-electron chi connectivity index (χ4n) is 2.04. The van der Waals surface area contributed by atoms with E-state index in [9.17, 15) is 13.2 Å². The highest BCUT2D eigenvalue weighted by atomic mass is 32.2. The Hall–Kier alpha value is -2.54. The van der Waals surface area contributed by atoms with Crippen LogP contribution in [0, 0.1) is 6.92 Å². The van der Waals surface area contributed by atoms with Gasteiger partial charge in [0.05, 0.1) is 12.8 Å². The first-order chi connectivity index (χ1) is 11.3. The van der Waals surface area contributed by atoms with Crippen LogP contribution in [0.5, 0.6) is 5.75 Å². The van der Waals surface area contributed by atoms with Crippen molar-refractivity contribution < 1.29 is 17.9 Å². The Morgan fingerprint density at radius 3 is 2.46 bits per heavy atom. The number of ether oxygens (including phenoxy) is 1. The van der Waals surface area contributed by atoms with Gasteiger partial charge in [-0.15, -0.1) is 0 Å². The van der Waals surface area contributed by atoms with Gasteiger partial charge in [-0.1, -0.05) is 12.1 Å². The van der Waals surface area contributed by atoms with Crippen LogP contribution < -0.4 is 14.8 Å². The molecule has 2 aromatic rings. The van der Waals surface area contributed by atoms with Crippen LogP contribution in [0.3, 0.4) is 0 Å². The van der Waals surface area contributed by atoms with E-state index in [1.807, 2.05) is 31.2 Å². The SMILES string of the molecule is Cc1cccc(OCCNC(=O)c2ccc(NS(C)(=O)=O)cc2)c1. The minimum Gasteiger partial charge on any atom is -0.492 e. The number of nitrogens with one attached hydrogen (secondary N) is 2. The zero-order chi connectivity index (χ0) is 17.6. The third-order valence-corrected chi connectivity index (χ3v) is 3.70.